The maximum atomic E-state index is 5.17. The maximum Gasteiger partial charge on any atom is 0.164 e. The molecule has 9 aromatic carbocycles. The van der Waals surface area contributed by atoms with Crippen molar-refractivity contribution in [2.24, 2.45) is 0 Å². The van der Waals surface area contributed by atoms with E-state index in [2.05, 4.69) is 176 Å². The third-order valence-electron chi connectivity index (χ3n) is 10.4. The Morgan fingerprint density at radius 3 is 0.870 bits per heavy atom. The van der Waals surface area contributed by atoms with Gasteiger partial charge in [0.2, 0.25) is 0 Å². The number of nitrogens with zero attached hydrogens (tertiary/aromatic N) is 3. The summed E-state index contributed by atoms with van der Waals surface area (Å²) < 4.78 is 0. The largest absolute Gasteiger partial charge is 0.208 e. The molecule has 1 heterocycles. The van der Waals surface area contributed by atoms with Gasteiger partial charge in [-0.25, -0.2) is 15.0 Å². The molecule has 0 fully saturated rings. The van der Waals surface area contributed by atoms with E-state index in [4.69, 9.17) is 15.0 Å². The van der Waals surface area contributed by atoms with Crippen molar-refractivity contribution < 1.29 is 0 Å². The van der Waals surface area contributed by atoms with E-state index in [9.17, 15) is 0 Å². The molecular weight excluding hydrogens is 655 g/mol. The lowest BCUT2D eigenvalue weighted by Crippen LogP contribution is -2.00. The average molecular weight is 688 g/mol. The van der Waals surface area contributed by atoms with Gasteiger partial charge in [0.15, 0.2) is 17.5 Å². The topological polar surface area (TPSA) is 38.7 Å². The van der Waals surface area contributed by atoms with Gasteiger partial charge in [0.1, 0.15) is 0 Å². The third kappa shape index (κ3) is 5.60. The Kier molecular flexibility index (Phi) is 7.81. The van der Waals surface area contributed by atoms with Gasteiger partial charge in [-0.05, 0) is 71.1 Å². The van der Waals surface area contributed by atoms with Gasteiger partial charge in [-0.1, -0.05) is 194 Å². The highest BCUT2D eigenvalue weighted by Gasteiger charge is 2.15. The quantitative estimate of drug-likeness (QED) is 0.185. The molecule has 54 heavy (non-hydrogen) atoms. The number of aromatic nitrogens is 3. The zero-order chi connectivity index (χ0) is 35.8. The van der Waals surface area contributed by atoms with Crippen LogP contribution >= 0.6 is 0 Å². The highest BCUT2D eigenvalue weighted by Crippen LogP contribution is 2.37. The van der Waals surface area contributed by atoms with E-state index in [1.807, 2.05) is 24.3 Å². The van der Waals surface area contributed by atoms with Crippen molar-refractivity contribution in [3.63, 3.8) is 0 Å². The molecule has 0 saturated heterocycles. The summed E-state index contributed by atoms with van der Waals surface area (Å²) in [6.07, 6.45) is 0. The van der Waals surface area contributed by atoms with Crippen LogP contribution in [0.1, 0.15) is 0 Å². The third-order valence-corrected chi connectivity index (χ3v) is 10.4. The molecular formula is C51H33N3. The molecule has 1 aromatic heterocycles. The Bertz CT molecular complexity index is 3010. The van der Waals surface area contributed by atoms with Crippen LogP contribution in [0.3, 0.4) is 0 Å². The molecule has 0 atom stereocenters. The lowest BCUT2D eigenvalue weighted by molar-refractivity contribution is 1.07. The van der Waals surface area contributed by atoms with E-state index in [0.717, 1.165) is 38.4 Å². The highest BCUT2D eigenvalue weighted by molar-refractivity contribution is 6.26. The van der Waals surface area contributed by atoms with Crippen LogP contribution in [-0.4, -0.2) is 15.0 Å². The second kappa shape index (κ2) is 13.4. The predicted octanol–water partition coefficient (Wildman–Crippen LogP) is 13.4. The lowest BCUT2D eigenvalue weighted by Gasteiger charge is -2.12. The molecule has 0 aliphatic heterocycles. The van der Waals surface area contributed by atoms with E-state index in [1.165, 1.54) is 43.3 Å². The second-order valence-corrected chi connectivity index (χ2v) is 13.6. The highest BCUT2D eigenvalue weighted by atomic mass is 15.0. The van der Waals surface area contributed by atoms with Crippen LogP contribution in [-0.2, 0) is 0 Å². The predicted molar refractivity (Wildman–Crippen MR) is 227 cm³/mol. The number of fused-ring (bicyclic) bond motifs is 10. The summed E-state index contributed by atoms with van der Waals surface area (Å²) in [4.78, 5) is 15.3. The first-order chi connectivity index (χ1) is 26.8. The molecule has 0 aliphatic rings. The molecule has 0 bridgehead atoms. The van der Waals surface area contributed by atoms with Crippen molar-refractivity contribution in [3.8, 4) is 45.3 Å². The minimum absolute atomic E-state index is 0.627. The average Bonchev–Trinajstić information content (AvgIpc) is 3.26. The minimum Gasteiger partial charge on any atom is -0.208 e. The first-order valence-electron chi connectivity index (χ1n) is 18.3. The van der Waals surface area contributed by atoms with Crippen molar-refractivity contribution in [2.75, 3.05) is 0 Å². The van der Waals surface area contributed by atoms with Gasteiger partial charge >= 0.3 is 0 Å². The van der Waals surface area contributed by atoms with Crippen LogP contribution in [0.5, 0.6) is 0 Å². The van der Waals surface area contributed by atoms with Gasteiger partial charge in [0, 0.05) is 16.7 Å². The van der Waals surface area contributed by atoms with Crippen molar-refractivity contribution in [1.29, 1.82) is 0 Å². The van der Waals surface area contributed by atoms with Crippen LogP contribution < -0.4 is 0 Å². The van der Waals surface area contributed by atoms with Gasteiger partial charge in [-0.15, -0.1) is 0 Å². The minimum atomic E-state index is 0.627. The molecule has 0 amide bonds. The van der Waals surface area contributed by atoms with Gasteiger partial charge in [0.05, 0.1) is 0 Å². The molecule has 252 valence electrons. The first kappa shape index (κ1) is 31.5. The van der Waals surface area contributed by atoms with Crippen molar-refractivity contribution in [2.45, 2.75) is 0 Å². The summed E-state index contributed by atoms with van der Waals surface area (Å²) >= 11 is 0. The van der Waals surface area contributed by atoms with Crippen molar-refractivity contribution >= 4 is 53.9 Å². The zero-order valence-electron chi connectivity index (χ0n) is 29.4. The van der Waals surface area contributed by atoms with Crippen molar-refractivity contribution in [1.82, 2.24) is 15.0 Å². The van der Waals surface area contributed by atoms with E-state index >= 15 is 0 Å². The number of hydrogen-bond acceptors (Lipinski definition) is 3. The first-order valence-corrected chi connectivity index (χ1v) is 18.3. The van der Waals surface area contributed by atoms with Crippen molar-refractivity contribution in [3.05, 3.63) is 200 Å². The number of hydrogen-bond donors (Lipinski definition) is 0. The van der Waals surface area contributed by atoms with Gasteiger partial charge in [-0.3, -0.25) is 0 Å². The van der Waals surface area contributed by atoms with Gasteiger partial charge in [0.25, 0.3) is 0 Å². The molecule has 0 N–H and O–H groups in total. The van der Waals surface area contributed by atoms with Crippen LogP contribution in [0.15, 0.2) is 200 Å². The fourth-order valence-electron chi connectivity index (χ4n) is 7.75. The fourth-order valence-corrected chi connectivity index (χ4v) is 7.75. The van der Waals surface area contributed by atoms with E-state index in [-0.39, 0.29) is 0 Å². The lowest BCUT2D eigenvalue weighted by atomic mass is 9.94. The summed E-state index contributed by atoms with van der Waals surface area (Å²) in [6.45, 7) is 0. The normalized spacial score (nSPS) is 11.3. The maximum absolute atomic E-state index is 5.17. The Morgan fingerprint density at radius 1 is 0.185 bits per heavy atom. The summed E-state index contributed by atoms with van der Waals surface area (Å²) in [5.74, 6) is 1.90. The van der Waals surface area contributed by atoms with Gasteiger partial charge in [-0.2, -0.15) is 0 Å². The Morgan fingerprint density at radius 2 is 0.444 bits per heavy atom. The molecule has 0 aliphatic carbocycles. The van der Waals surface area contributed by atoms with E-state index in [0.29, 0.717) is 17.5 Å². The molecule has 3 nitrogen and oxygen atoms in total. The van der Waals surface area contributed by atoms with E-state index < -0.39 is 0 Å². The SMILES string of the molecule is c1ccc(-c2ccc(-c3nc(-c4ccccc4)nc(-c4ccc5c6ccccc6c6ccccc6c6ccccc6c6ccccc6c5c4)n3)cc2)cc1. The standard InChI is InChI=1S/C51H33N3/c1-3-15-34(16-4-1)35-27-29-37(30-28-35)50-52-49(36-17-5-2-6-18-36)53-51(54-50)38-31-32-47-45-25-12-11-23-43(45)41-21-8-7-19-39(41)40-20-9-10-22-42(40)44-24-13-14-26-46(44)48(47)33-38/h1-33H. The second-order valence-electron chi connectivity index (χ2n) is 13.6. The summed E-state index contributed by atoms with van der Waals surface area (Å²) in [5.41, 5.74) is 5.12. The molecule has 10 rings (SSSR count). The summed E-state index contributed by atoms with van der Waals surface area (Å²) in [5, 5.41) is 11.8. The Balaban J connectivity index is 1.28. The van der Waals surface area contributed by atoms with E-state index in [1.54, 1.807) is 0 Å². The summed E-state index contributed by atoms with van der Waals surface area (Å²) in [7, 11) is 0. The Labute approximate surface area is 313 Å². The van der Waals surface area contributed by atoms with Crippen LogP contribution in [0.2, 0.25) is 0 Å². The van der Waals surface area contributed by atoms with Crippen LogP contribution in [0.4, 0.5) is 0 Å². The smallest absolute Gasteiger partial charge is 0.164 e. The summed E-state index contributed by atoms with van der Waals surface area (Å²) in [6, 6.07) is 70.8. The molecule has 0 radical (unpaired) electrons. The Hall–Kier alpha value is -7.23. The molecule has 3 heteroatoms. The fraction of sp³-hybridized carbons (Fsp3) is 0. The number of benzene rings is 8. The van der Waals surface area contributed by atoms with Crippen LogP contribution in [0.25, 0.3) is 99.2 Å². The molecule has 10 aromatic rings. The van der Waals surface area contributed by atoms with Crippen LogP contribution in [0, 0.1) is 0 Å². The monoisotopic (exact) mass is 687 g/mol. The van der Waals surface area contributed by atoms with Gasteiger partial charge < -0.3 is 0 Å². The molecule has 0 saturated carbocycles. The molecule has 0 unspecified atom stereocenters. The number of rotatable bonds is 4. The molecule has 0 spiro atoms. The zero-order valence-corrected chi connectivity index (χ0v) is 29.4.